The maximum absolute atomic E-state index is 13.3. The highest BCUT2D eigenvalue weighted by Gasteiger charge is 2.49. The molecule has 9 heteroatoms. The maximum atomic E-state index is 13.3. The number of nitrogens with zero attached hydrogens (tertiary/aromatic N) is 5. The number of imidazole rings is 1. The maximum Gasteiger partial charge on any atom is 0.336 e. The molecule has 2 aliphatic rings. The Morgan fingerprint density at radius 3 is 2.81 bits per heavy atom. The first-order chi connectivity index (χ1) is 14.7. The van der Waals surface area contributed by atoms with Gasteiger partial charge < -0.3 is 15.3 Å². The van der Waals surface area contributed by atoms with Gasteiger partial charge in [-0.25, -0.2) is 14.2 Å². The number of rotatable bonds is 1. The van der Waals surface area contributed by atoms with Gasteiger partial charge >= 0.3 is 11.7 Å². The summed E-state index contributed by atoms with van der Waals surface area (Å²) in [6.45, 7) is 6.14. The molecule has 2 amide bonds. The fourth-order valence-electron chi connectivity index (χ4n) is 4.72. The number of nitrogens with one attached hydrogen (secondary N) is 1. The van der Waals surface area contributed by atoms with Crippen LogP contribution in [0.2, 0.25) is 0 Å². The standard InChI is InChI=1S/C22H22N6O3/c1-22(2,3)25-20(30)26-11-13-9-16(26)18-19(29)28(21(31)27(13)18)15-7-6-12(10-23)17-14(15)5-4-8-24-17/h4-8,13,16,29H,9,11H2,1-3H3,(H,25,30). The monoisotopic (exact) mass is 418 g/mol. The van der Waals surface area contributed by atoms with Crippen molar-refractivity contribution in [3.05, 3.63) is 52.2 Å². The molecule has 2 N–H and O–H groups in total. The lowest BCUT2D eigenvalue weighted by atomic mass is 10.1. The minimum absolute atomic E-state index is 0.180. The fourth-order valence-corrected chi connectivity index (χ4v) is 4.72. The zero-order valence-electron chi connectivity index (χ0n) is 17.5. The summed E-state index contributed by atoms with van der Waals surface area (Å²) < 4.78 is 2.85. The van der Waals surface area contributed by atoms with Gasteiger partial charge in [-0.15, -0.1) is 0 Å². The molecule has 1 aromatic carbocycles. The van der Waals surface area contributed by atoms with Gasteiger partial charge in [0.1, 0.15) is 11.8 Å². The highest BCUT2D eigenvalue weighted by molar-refractivity contribution is 5.91. The van der Waals surface area contributed by atoms with Crippen molar-refractivity contribution in [3.8, 4) is 17.6 Å². The molecule has 0 aliphatic carbocycles. The van der Waals surface area contributed by atoms with E-state index in [1.54, 1.807) is 39.9 Å². The van der Waals surface area contributed by atoms with E-state index in [9.17, 15) is 20.0 Å². The number of pyridine rings is 1. The van der Waals surface area contributed by atoms with E-state index in [1.807, 2.05) is 20.8 Å². The van der Waals surface area contributed by atoms with Crippen LogP contribution in [0.3, 0.4) is 0 Å². The summed E-state index contributed by atoms with van der Waals surface area (Å²) >= 11 is 0. The lowest BCUT2D eigenvalue weighted by Gasteiger charge is -2.31. The molecule has 4 heterocycles. The molecule has 0 saturated carbocycles. The van der Waals surface area contributed by atoms with Crippen LogP contribution in [0.15, 0.2) is 35.3 Å². The Hall–Kier alpha value is -3.80. The van der Waals surface area contributed by atoms with Gasteiger partial charge in [0.15, 0.2) is 0 Å². The molecule has 2 bridgehead atoms. The van der Waals surface area contributed by atoms with Gasteiger partial charge in [0, 0.05) is 23.7 Å². The molecule has 1 saturated heterocycles. The second kappa shape index (κ2) is 6.35. The molecule has 2 unspecified atom stereocenters. The first kappa shape index (κ1) is 19.2. The molecular weight excluding hydrogens is 396 g/mol. The van der Waals surface area contributed by atoms with Gasteiger partial charge in [-0.3, -0.25) is 9.55 Å². The summed E-state index contributed by atoms with van der Waals surface area (Å²) in [7, 11) is 0. The number of hydrogen-bond acceptors (Lipinski definition) is 5. The van der Waals surface area contributed by atoms with E-state index in [0.29, 0.717) is 40.8 Å². The zero-order chi connectivity index (χ0) is 22.1. The number of carbonyl (C=O) groups is 1. The van der Waals surface area contributed by atoms with Crippen molar-refractivity contribution < 1.29 is 9.90 Å². The molecule has 2 atom stereocenters. The first-order valence-corrected chi connectivity index (χ1v) is 10.1. The molecule has 0 radical (unpaired) electrons. The molecule has 3 aromatic rings. The Balaban J connectivity index is 1.64. The number of hydrogen-bond donors (Lipinski definition) is 2. The van der Waals surface area contributed by atoms with Crippen LogP contribution in [-0.2, 0) is 0 Å². The van der Waals surface area contributed by atoms with Crippen LogP contribution < -0.4 is 11.0 Å². The molecule has 5 rings (SSSR count). The number of aromatic nitrogens is 3. The summed E-state index contributed by atoms with van der Waals surface area (Å²) in [5, 5.41) is 24.1. The normalized spacial score (nSPS) is 19.5. The number of benzene rings is 1. The summed E-state index contributed by atoms with van der Waals surface area (Å²) in [5.41, 5.74) is 1.02. The Morgan fingerprint density at radius 2 is 2.10 bits per heavy atom. The summed E-state index contributed by atoms with van der Waals surface area (Å²) in [6, 6.07) is 8.07. The average Bonchev–Trinajstić information content (AvgIpc) is 3.38. The first-order valence-electron chi connectivity index (χ1n) is 10.1. The second-order valence-corrected chi connectivity index (χ2v) is 9.08. The largest absolute Gasteiger partial charge is 0.493 e. The molecule has 0 spiro atoms. The van der Waals surface area contributed by atoms with Crippen molar-refractivity contribution in [3.63, 3.8) is 0 Å². The number of amides is 2. The smallest absolute Gasteiger partial charge is 0.336 e. The van der Waals surface area contributed by atoms with Gasteiger partial charge in [0.2, 0.25) is 5.88 Å². The van der Waals surface area contributed by atoms with Gasteiger partial charge in [0.25, 0.3) is 0 Å². The number of urea groups is 1. The van der Waals surface area contributed by atoms with E-state index in [4.69, 9.17) is 0 Å². The third-order valence-corrected chi connectivity index (χ3v) is 5.91. The van der Waals surface area contributed by atoms with E-state index in [1.165, 1.54) is 4.57 Å². The number of carbonyl (C=O) groups excluding carboxylic acids is 1. The summed E-state index contributed by atoms with van der Waals surface area (Å²) in [4.78, 5) is 32.1. The molecule has 2 aromatic heterocycles. The van der Waals surface area contributed by atoms with Crippen molar-refractivity contribution in [1.82, 2.24) is 24.3 Å². The minimum Gasteiger partial charge on any atom is -0.493 e. The van der Waals surface area contributed by atoms with Crippen molar-refractivity contribution in [1.29, 1.82) is 5.26 Å². The highest BCUT2D eigenvalue weighted by atomic mass is 16.3. The molecule has 9 nitrogen and oxygen atoms in total. The minimum atomic E-state index is -0.388. The number of aromatic hydroxyl groups is 1. The van der Waals surface area contributed by atoms with Crippen molar-refractivity contribution >= 4 is 16.9 Å². The van der Waals surface area contributed by atoms with Gasteiger partial charge in [-0.1, -0.05) is 0 Å². The Bertz CT molecular complexity index is 1340. The summed E-state index contributed by atoms with van der Waals surface area (Å²) in [6.07, 6.45) is 2.19. The van der Waals surface area contributed by atoms with Crippen LogP contribution in [0, 0.1) is 11.3 Å². The van der Waals surface area contributed by atoms with Crippen molar-refractivity contribution in [2.45, 2.75) is 44.8 Å². The topological polar surface area (TPSA) is 116 Å². The summed E-state index contributed by atoms with van der Waals surface area (Å²) in [5.74, 6) is -0.180. The van der Waals surface area contributed by atoms with E-state index in [-0.39, 0.29) is 35.2 Å². The van der Waals surface area contributed by atoms with E-state index >= 15 is 0 Å². The average molecular weight is 418 g/mol. The third-order valence-electron chi connectivity index (χ3n) is 5.91. The third kappa shape index (κ3) is 2.71. The Morgan fingerprint density at radius 1 is 1.32 bits per heavy atom. The fraction of sp³-hybridized carbons (Fsp3) is 0.364. The molecule has 1 fully saturated rings. The molecule has 2 aliphatic heterocycles. The molecule has 31 heavy (non-hydrogen) atoms. The number of nitriles is 1. The van der Waals surface area contributed by atoms with Gasteiger partial charge in [-0.2, -0.15) is 5.26 Å². The quantitative estimate of drug-likeness (QED) is 0.630. The zero-order valence-corrected chi connectivity index (χ0v) is 17.5. The van der Waals surface area contributed by atoms with Crippen LogP contribution in [0.5, 0.6) is 5.88 Å². The number of likely N-dealkylation sites (tertiary alicyclic amines) is 1. The van der Waals surface area contributed by atoms with Gasteiger partial charge in [-0.05, 0) is 51.5 Å². The predicted octanol–water partition coefficient (Wildman–Crippen LogP) is 2.57. The van der Waals surface area contributed by atoms with E-state index < -0.39 is 0 Å². The van der Waals surface area contributed by atoms with Crippen LogP contribution in [0.4, 0.5) is 4.79 Å². The molecular formula is C22H22N6O3. The predicted molar refractivity (Wildman–Crippen MR) is 113 cm³/mol. The second-order valence-electron chi connectivity index (χ2n) is 9.08. The van der Waals surface area contributed by atoms with E-state index in [2.05, 4.69) is 16.4 Å². The van der Waals surface area contributed by atoms with Crippen LogP contribution in [0.25, 0.3) is 16.6 Å². The van der Waals surface area contributed by atoms with Crippen LogP contribution >= 0.6 is 0 Å². The van der Waals surface area contributed by atoms with Crippen molar-refractivity contribution in [2.24, 2.45) is 0 Å². The SMILES string of the molecule is CC(C)(C)NC(=O)N1CC2CC1c1c(O)n(-c3ccc(C#N)c4ncccc34)c(=O)n12. The highest BCUT2D eigenvalue weighted by Crippen LogP contribution is 2.48. The van der Waals surface area contributed by atoms with Crippen molar-refractivity contribution in [2.75, 3.05) is 6.54 Å². The Labute approximate surface area is 178 Å². The Kier molecular flexibility index (Phi) is 3.93. The van der Waals surface area contributed by atoms with Crippen LogP contribution in [-0.4, -0.2) is 42.2 Å². The van der Waals surface area contributed by atoms with Gasteiger partial charge in [0.05, 0.1) is 28.9 Å². The lowest BCUT2D eigenvalue weighted by molar-refractivity contribution is 0.175. The molecule has 158 valence electrons. The van der Waals surface area contributed by atoms with E-state index in [0.717, 1.165) is 0 Å². The van der Waals surface area contributed by atoms with Crippen LogP contribution in [0.1, 0.15) is 50.5 Å². The lowest BCUT2D eigenvalue weighted by Crippen LogP contribution is -2.49. The number of fused-ring (bicyclic) bond motifs is 6.